The molecule has 0 unspecified atom stereocenters. The van der Waals surface area contributed by atoms with Gasteiger partial charge in [-0.05, 0) is 46.0 Å². The molecule has 128 valence electrons. The van der Waals surface area contributed by atoms with Crippen molar-refractivity contribution in [2.24, 2.45) is 5.92 Å². The van der Waals surface area contributed by atoms with Crippen LogP contribution in [-0.4, -0.2) is 51.4 Å². The zero-order valence-electron chi connectivity index (χ0n) is 13.6. The normalized spacial score (nSPS) is 24.6. The highest BCUT2D eigenvalue weighted by Gasteiger charge is 2.56. The zero-order chi connectivity index (χ0) is 17.4. The summed E-state index contributed by atoms with van der Waals surface area (Å²) < 4.78 is 0. The van der Waals surface area contributed by atoms with E-state index < -0.39 is 29.0 Å². The highest BCUT2D eigenvalue weighted by Crippen LogP contribution is 2.42. The third-order valence-electron chi connectivity index (χ3n) is 4.44. The third-order valence-corrected chi connectivity index (χ3v) is 4.44. The molecule has 1 atom stereocenters. The number of carbonyl (C=O) groups is 4. The van der Waals surface area contributed by atoms with Crippen molar-refractivity contribution in [2.75, 3.05) is 6.54 Å². The second kappa shape index (κ2) is 5.82. The van der Waals surface area contributed by atoms with Crippen molar-refractivity contribution in [3.05, 3.63) is 0 Å². The van der Waals surface area contributed by atoms with Crippen LogP contribution >= 0.6 is 0 Å². The largest absolute Gasteiger partial charge is 0.481 e. The van der Waals surface area contributed by atoms with Crippen LogP contribution in [0.5, 0.6) is 0 Å². The van der Waals surface area contributed by atoms with E-state index in [-0.39, 0.29) is 31.2 Å². The Morgan fingerprint density at radius 2 is 2.00 bits per heavy atom. The molecule has 1 saturated heterocycles. The number of carbonyl (C=O) groups excluding carboxylic acids is 3. The van der Waals surface area contributed by atoms with Crippen LogP contribution in [0.15, 0.2) is 0 Å². The van der Waals surface area contributed by atoms with Gasteiger partial charge < -0.3 is 15.7 Å². The summed E-state index contributed by atoms with van der Waals surface area (Å²) in [6, 6.07) is -0.553. The molecule has 1 heterocycles. The summed E-state index contributed by atoms with van der Waals surface area (Å²) in [4.78, 5) is 48.1. The van der Waals surface area contributed by atoms with Gasteiger partial charge in [-0.2, -0.15) is 0 Å². The molecule has 0 aromatic carbocycles. The second-order valence-electron chi connectivity index (χ2n) is 7.12. The Morgan fingerprint density at radius 1 is 1.39 bits per heavy atom. The van der Waals surface area contributed by atoms with E-state index in [4.69, 9.17) is 5.11 Å². The quantitative estimate of drug-likeness (QED) is 0.588. The van der Waals surface area contributed by atoms with Crippen LogP contribution in [0.1, 0.15) is 46.5 Å². The van der Waals surface area contributed by atoms with E-state index in [1.54, 1.807) is 20.8 Å². The molecule has 0 spiro atoms. The maximum absolute atomic E-state index is 12.4. The average Bonchev–Trinajstić information content (AvgIpc) is 3.23. The summed E-state index contributed by atoms with van der Waals surface area (Å²) >= 11 is 0. The Balaban J connectivity index is 1.93. The molecule has 2 fully saturated rings. The second-order valence-corrected chi connectivity index (χ2v) is 7.12. The summed E-state index contributed by atoms with van der Waals surface area (Å²) in [5, 5.41) is 14.1. The maximum atomic E-state index is 12.4. The van der Waals surface area contributed by atoms with Gasteiger partial charge in [-0.3, -0.25) is 19.3 Å². The summed E-state index contributed by atoms with van der Waals surface area (Å²) in [5.41, 5.74) is -1.63. The average molecular weight is 325 g/mol. The van der Waals surface area contributed by atoms with Crippen molar-refractivity contribution in [1.82, 2.24) is 15.5 Å². The number of amides is 4. The van der Waals surface area contributed by atoms with Gasteiger partial charge in [0.25, 0.3) is 5.91 Å². The Labute approximate surface area is 134 Å². The molecule has 4 amide bonds. The van der Waals surface area contributed by atoms with Gasteiger partial charge in [-0.25, -0.2) is 4.79 Å². The number of hydrogen-bond donors (Lipinski definition) is 3. The van der Waals surface area contributed by atoms with Crippen molar-refractivity contribution >= 4 is 23.8 Å². The van der Waals surface area contributed by atoms with E-state index in [1.807, 2.05) is 0 Å². The van der Waals surface area contributed by atoms with E-state index >= 15 is 0 Å². The molecule has 8 heteroatoms. The minimum absolute atomic E-state index is 0.0733. The number of aliphatic carboxylic acids is 1. The summed E-state index contributed by atoms with van der Waals surface area (Å²) in [7, 11) is 0. The zero-order valence-corrected chi connectivity index (χ0v) is 13.6. The van der Waals surface area contributed by atoms with Gasteiger partial charge in [0.1, 0.15) is 12.1 Å². The predicted molar refractivity (Wildman–Crippen MR) is 80.5 cm³/mol. The molecule has 2 aliphatic rings. The van der Waals surface area contributed by atoms with E-state index in [1.165, 1.54) is 0 Å². The molecule has 1 saturated carbocycles. The Hall–Kier alpha value is -2.12. The van der Waals surface area contributed by atoms with E-state index in [9.17, 15) is 19.2 Å². The van der Waals surface area contributed by atoms with Crippen LogP contribution in [0.3, 0.4) is 0 Å². The monoisotopic (exact) mass is 325 g/mol. The molecule has 23 heavy (non-hydrogen) atoms. The highest BCUT2D eigenvalue weighted by molar-refractivity contribution is 6.09. The standard InChI is InChI=1S/C15H23N3O5/c1-14(2,7-6-11(20)21)16-10(19)8-18-12(22)15(3,9-4-5-9)17-13(18)23/h9H,4-8H2,1-3H3,(H,16,19)(H,17,23)(H,20,21)/t15-/m1/s1. The number of nitrogens with zero attached hydrogens (tertiary/aromatic N) is 1. The van der Waals surface area contributed by atoms with Gasteiger partial charge in [0.05, 0.1) is 0 Å². The fourth-order valence-corrected chi connectivity index (χ4v) is 2.84. The number of urea groups is 1. The van der Waals surface area contributed by atoms with Gasteiger partial charge in [0, 0.05) is 12.0 Å². The first-order valence-corrected chi connectivity index (χ1v) is 7.72. The maximum Gasteiger partial charge on any atom is 0.325 e. The number of rotatable bonds is 7. The van der Waals surface area contributed by atoms with E-state index in [0.29, 0.717) is 0 Å². The minimum Gasteiger partial charge on any atom is -0.481 e. The van der Waals surface area contributed by atoms with Crippen molar-refractivity contribution in [1.29, 1.82) is 0 Å². The van der Waals surface area contributed by atoms with Gasteiger partial charge in [-0.15, -0.1) is 0 Å². The van der Waals surface area contributed by atoms with Gasteiger partial charge in [-0.1, -0.05) is 0 Å². The number of imide groups is 1. The Morgan fingerprint density at radius 3 is 2.52 bits per heavy atom. The summed E-state index contributed by atoms with van der Waals surface area (Å²) in [6.45, 7) is 4.74. The smallest absolute Gasteiger partial charge is 0.325 e. The number of carboxylic acid groups (broad SMARTS) is 1. The topological polar surface area (TPSA) is 116 Å². The lowest BCUT2D eigenvalue weighted by Crippen LogP contribution is -2.50. The minimum atomic E-state index is -0.943. The molecular formula is C15H23N3O5. The van der Waals surface area contributed by atoms with E-state index in [2.05, 4.69) is 10.6 Å². The Bertz CT molecular complexity index is 555. The van der Waals surface area contributed by atoms with Crippen LogP contribution in [0, 0.1) is 5.92 Å². The van der Waals surface area contributed by atoms with Gasteiger partial charge in [0.2, 0.25) is 5.91 Å². The van der Waals surface area contributed by atoms with E-state index in [0.717, 1.165) is 17.7 Å². The number of carboxylic acids is 1. The van der Waals surface area contributed by atoms with Crippen molar-refractivity contribution in [3.8, 4) is 0 Å². The van der Waals surface area contributed by atoms with Gasteiger partial charge >= 0.3 is 12.0 Å². The van der Waals surface area contributed by atoms with Crippen LogP contribution in [0.4, 0.5) is 4.79 Å². The van der Waals surface area contributed by atoms with Crippen molar-refractivity contribution in [2.45, 2.75) is 57.5 Å². The van der Waals surface area contributed by atoms with Crippen LogP contribution < -0.4 is 10.6 Å². The van der Waals surface area contributed by atoms with Crippen LogP contribution in [-0.2, 0) is 14.4 Å². The van der Waals surface area contributed by atoms with Crippen molar-refractivity contribution < 1.29 is 24.3 Å². The predicted octanol–water partition coefficient (Wildman–Crippen LogP) is 0.467. The number of nitrogens with one attached hydrogen (secondary N) is 2. The molecule has 0 aromatic rings. The fraction of sp³-hybridized carbons (Fsp3) is 0.733. The molecule has 8 nitrogen and oxygen atoms in total. The van der Waals surface area contributed by atoms with Crippen LogP contribution in [0.2, 0.25) is 0 Å². The third kappa shape index (κ3) is 3.80. The molecule has 1 aliphatic heterocycles. The SMILES string of the molecule is CC(C)(CCC(=O)O)NC(=O)CN1C(=O)N[C@](C)(C2CC2)C1=O. The highest BCUT2D eigenvalue weighted by atomic mass is 16.4. The molecule has 0 bridgehead atoms. The summed E-state index contributed by atoms with van der Waals surface area (Å²) in [6.07, 6.45) is 1.97. The van der Waals surface area contributed by atoms with Crippen LogP contribution in [0.25, 0.3) is 0 Å². The molecule has 1 aliphatic carbocycles. The lowest BCUT2D eigenvalue weighted by molar-refractivity contribution is -0.138. The fourth-order valence-electron chi connectivity index (χ4n) is 2.84. The Kier molecular flexibility index (Phi) is 4.37. The lowest BCUT2D eigenvalue weighted by atomic mass is 9.96. The molecule has 0 radical (unpaired) electrons. The first-order valence-electron chi connectivity index (χ1n) is 7.72. The first kappa shape index (κ1) is 17.2. The molecule has 2 rings (SSSR count). The van der Waals surface area contributed by atoms with Crippen molar-refractivity contribution in [3.63, 3.8) is 0 Å². The molecular weight excluding hydrogens is 302 g/mol. The first-order chi connectivity index (χ1) is 10.5. The summed E-state index contributed by atoms with van der Waals surface area (Å²) in [5.74, 6) is -1.66. The van der Waals surface area contributed by atoms with Gasteiger partial charge in [0.15, 0.2) is 0 Å². The number of hydrogen-bond acceptors (Lipinski definition) is 4. The molecule has 0 aromatic heterocycles. The molecule has 3 N–H and O–H groups in total. The lowest BCUT2D eigenvalue weighted by Gasteiger charge is -2.27.